The molecule has 0 spiro atoms. The third-order valence-electron chi connectivity index (χ3n) is 2.96. The van der Waals surface area contributed by atoms with Gasteiger partial charge in [0.05, 0.1) is 4.70 Å². The smallest absolute Gasteiger partial charge is 0.0532 e. The highest BCUT2D eigenvalue weighted by atomic mass is 32.1. The van der Waals surface area contributed by atoms with Gasteiger partial charge >= 0.3 is 0 Å². The Hall–Kier alpha value is -0.860. The largest absolute Gasteiger partial charge is 0.139 e. The average molecular weight is 246 g/mol. The summed E-state index contributed by atoms with van der Waals surface area (Å²) in [5.74, 6) is 0.611. The molecule has 2 aromatic heterocycles. The Labute approximate surface area is 104 Å². The molecule has 0 aliphatic heterocycles. The summed E-state index contributed by atoms with van der Waals surface area (Å²) < 4.78 is 4.34. The maximum atomic E-state index is 2.37. The van der Waals surface area contributed by atoms with Crippen molar-refractivity contribution in [3.8, 4) is 0 Å². The lowest BCUT2D eigenvalue weighted by molar-refractivity contribution is 0.869. The molecule has 0 aliphatic carbocycles. The Morgan fingerprint density at radius 3 is 2.56 bits per heavy atom. The summed E-state index contributed by atoms with van der Waals surface area (Å²) in [5.41, 5.74) is 1.44. The first-order chi connectivity index (χ1) is 7.65. The van der Waals surface area contributed by atoms with E-state index in [9.17, 15) is 0 Å². The van der Waals surface area contributed by atoms with Crippen LogP contribution in [0.1, 0.15) is 30.2 Å². The van der Waals surface area contributed by atoms with Crippen LogP contribution >= 0.6 is 22.7 Å². The molecule has 0 radical (unpaired) electrons. The number of hydrogen-bond acceptors (Lipinski definition) is 2. The summed E-state index contributed by atoms with van der Waals surface area (Å²) in [5, 5.41) is 1.45. The standard InChI is InChI=1S/C14H14S2/c1-8(2)10-4-5-12-11(7-10)14-13(16-12)6-9(3)15-14/h4-8H,1-3H3. The third-order valence-corrected chi connectivity index (χ3v) is 5.29. The lowest BCUT2D eigenvalue weighted by atomic mass is 10.0. The fourth-order valence-corrected chi connectivity index (χ4v) is 4.45. The fourth-order valence-electron chi connectivity index (χ4n) is 2.05. The molecule has 2 heteroatoms. The highest BCUT2D eigenvalue weighted by molar-refractivity contribution is 7.32. The van der Waals surface area contributed by atoms with Gasteiger partial charge in [-0.3, -0.25) is 0 Å². The molecule has 1 aromatic carbocycles. The van der Waals surface area contributed by atoms with Crippen molar-refractivity contribution in [1.29, 1.82) is 0 Å². The molecule has 0 aliphatic rings. The van der Waals surface area contributed by atoms with Crippen molar-refractivity contribution in [3.63, 3.8) is 0 Å². The predicted molar refractivity (Wildman–Crippen MR) is 76.0 cm³/mol. The molecule has 0 nitrogen and oxygen atoms in total. The van der Waals surface area contributed by atoms with Gasteiger partial charge in [0.2, 0.25) is 0 Å². The van der Waals surface area contributed by atoms with Gasteiger partial charge in [-0.1, -0.05) is 19.9 Å². The van der Waals surface area contributed by atoms with Crippen LogP contribution in [-0.4, -0.2) is 0 Å². The maximum absolute atomic E-state index is 2.37. The molecule has 0 N–H and O–H groups in total. The van der Waals surface area contributed by atoms with Crippen molar-refractivity contribution in [2.24, 2.45) is 0 Å². The van der Waals surface area contributed by atoms with Gasteiger partial charge in [0.15, 0.2) is 0 Å². The zero-order valence-electron chi connectivity index (χ0n) is 9.70. The molecule has 2 heterocycles. The summed E-state index contributed by atoms with van der Waals surface area (Å²) in [6.45, 7) is 6.70. The zero-order chi connectivity index (χ0) is 11.3. The second kappa shape index (κ2) is 3.57. The molecule has 0 fully saturated rings. The van der Waals surface area contributed by atoms with E-state index in [1.807, 2.05) is 22.7 Å². The van der Waals surface area contributed by atoms with E-state index in [2.05, 4.69) is 45.0 Å². The van der Waals surface area contributed by atoms with Crippen LogP contribution in [-0.2, 0) is 0 Å². The monoisotopic (exact) mass is 246 g/mol. The van der Waals surface area contributed by atoms with Crippen molar-refractivity contribution < 1.29 is 0 Å². The summed E-state index contributed by atoms with van der Waals surface area (Å²) in [6, 6.07) is 9.21. The van der Waals surface area contributed by atoms with E-state index in [0.717, 1.165) is 0 Å². The fraction of sp³-hybridized carbons (Fsp3) is 0.286. The van der Waals surface area contributed by atoms with Crippen molar-refractivity contribution >= 4 is 42.2 Å². The van der Waals surface area contributed by atoms with E-state index >= 15 is 0 Å². The maximum Gasteiger partial charge on any atom is 0.0532 e. The van der Waals surface area contributed by atoms with Gasteiger partial charge in [-0.2, -0.15) is 0 Å². The highest BCUT2D eigenvalue weighted by Crippen LogP contribution is 2.40. The summed E-state index contributed by atoms with van der Waals surface area (Å²) >= 11 is 3.83. The normalized spacial score (nSPS) is 12.0. The minimum absolute atomic E-state index is 0.611. The molecule has 0 amide bonds. The molecule has 3 aromatic rings. The molecule has 16 heavy (non-hydrogen) atoms. The Morgan fingerprint density at radius 1 is 1.00 bits per heavy atom. The lowest BCUT2D eigenvalue weighted by Gasteiger charge is -2.04. The highest BCUT2D eigenvalue weighted by Gasteiger charge is 2.09. The molecular weight excluding hydrogens is 232 g/mol. The topological polar surface area (TPSA) is 0 Å². The predicted octanol–water partition coefficient (Wildman–Crippen LogP) is 5.55. The lowest BCUT2D eigenvalue weighted by Crippen LogP contribution is -1.84. The van der Waals surface area contributed by atoms with Crippen molar-refractivity contribution in [2.45, 2.75) is 26.7 Å². The second-order valence-corrected chi connectivity index (χ2v) is 6.90. The number of aryl methyl sites for hydroxylation is 1. The molecule has 82 valence electrons. The average Bonchev–Trinajstić information content (AvgIpc) is 2.72. The van der Waals surface area contributed by atoms with E-state index in [4.69, 9.17) is 0 Å². The molecule has 0 saturated heterocycles. The van der Waals surface area contributed by atoms with Crippen molar-refractivity contribution in [1.82, 2.24) is 0 Å². The van der Waals surface area contributed by atoms with Gasteiger partial charge in [0, 0.05) is 19.7 Å². The number of rotatable bonds is 1. The Kier molecular flexibility index (Phi) is 2.30. The molecular formula is C14H14S2. The molecule has 0 atom stereocenters. The van der Waals surface area contributed by atoms with Gasteiger partial charge in [-0.05, 0) is 36.6 Å². The van der Waals surface area contributed by atoms with Crippen LogP contribution in [0.25, 0.3) is 19.5 Å². The molecule has 0 saturated carbocycles. The Morgan fingerprint density at radius 2 is 1.81 bits per heavy atom. The number of hydrogen-bond donors (Lipinski definition) is 0. The van der Waals surface area contributed by atoms with Gasteiger partial charge in [0.25, 0.3) is 0 Å². The molecule has 3 rings (SSSR count). The van der Waals surface area contributed by atoms with Crippen LogP contribution in [0.4, 0.5) is 0 Å². The van der Waals surface area contributed by atoms with Crippen molar-refractivity contribution in [3.05, 3.63) is 34.7 Å². The van der Waals surface area contributed by atoms with Crippen LogP contribution in [0.3, 0.4) is 0 Å². The van der Waals surface area contributed by atoms with Crippen LogP contribution < -0.4 is 0 Å². The quantitative estimate of drug-likeness (QED) is 0.528. The first-order valence-electron chi connectivity index (χ1n) is 5.58. The van der Waals surface area contributed by atoms with E-state index in [0.29, 0.717) is 5.92 Å². The zero-order valence-corrected chi connectivity index (χ0v) is 11.3. The summed E-state index contributed by atoms with van der Waals surface area (Å²) in [7, 11) is 0. The van der Waals surface area contributed by atoms with Crippen LogP contribution in [0, 0.1) is 6.92 Å². The van der Waals surface area contributed by atoms with Crippen LogP contribution in [0.15, 0.2) is 24.3 Å². The van der Waals surface area contributed by atoms with Gasteiger partial charge in [-0.15, -0.1) is 22.7 Å². The third kappa shape index (κ3) is 1.48. The van der Waals surface area contributed by atoms with Crippen molar-refractivity contribution in [2.75, 3.05) is 0 Å². The van der Waals surface area contributed by atoms with Gasteiger partial charge < -0.3 is 0 Å². The first-order valence-corrected chi connectivity index (χ1v) is 7.21. The van der Waals surface area contributed by atoms with Gasteiger partial charge in [-0.25, -0.2) is 0 Å². The van der Waals surface area contributed by atoms with Gasteiger partial charge in [0.1, 0.15) is 0 Å². The van der Waals surface area contributed by atoms with E-state index in [1.165, 1.54) is 29.9 Å². The second-order valence-electron chi connectivity index (χ2n) is 4.56. The number of thiophene rings is 2. The van der Waals surface area contributed by atoms with Crippen LogP contribution in [0.2, 0.25) is 0 Å². The summed E-state index contributed by atoms with van der Waals surface area (Å²) in [4.78, 5) is 1.41. The van der Waals surface area contributed by atoms with E-state index in [-0.39, 0.29) is 0 Å². The molecule has 0 unspecified atom stereocenters. The SMILES string of the molecule is Cc1cc2sc3ccc(C(C)C)cc3c2s1. The Balaban J connectivity index is 2.37. The van der Waals surface area contributed by atoms with E-state index in [1.54, 1.807) is 0 Å². The number of fused-ring (bicyclic) bond motifs is 3. The first kappa shape index (κ1) is 10.3. The molecule has 0 bridgehead atoms. The minimum Gasteiger partial charge on any atom is -0.139 e. The van der Waals surface area contributed by atoms with Crippen LogP contribution in [0.5, 0.6) is 0 Å². The number of benzene rings is 1. The summed E-state index contributed by atoms with van der Waals surface area (Å²) in [6.07, 6.45) is 0. The minimum atomic E-state index is 0.611. The Bertz CT molecular complexity index is 656. The van der Waals surface area contributed by atoms with E-state index < -0.39 is 0 Å².